The van der Waals surface area contributed by atoms with E-state index in [-0.39, 0.29) is 24.1 Å². The molecule has 1 heterocycles. The fraction of sp³-hybridized carbons (Fsp3) is 0.350. The number of rotatable bonds is 5. The van der Waals surface area contributed by atoms with Crippen LogP contribution < -0.4 is 5.32 Å². The maximum atomic E-state index is 12.9. The maximum absolute atomic E-state index is 12.9. The normalized spacial score (nSPS) is 18.2. The third-order valence-electron chi connectivity index (χ3n) is 4.86. The Morgan fingerprint density at radius 1 is 1.19 bits per heavy atom. The van der Waals surface area contributed by atoms with E-state index in [2.05, 4.69) is 27.9 Å². The van der Waals surface area contributed by atoms with Crippen LogP contribution in [0.3, 0.4) is 0 Å². The standard InChI is InChI=1S/C20H23IN2O3S/c1-15-5-2-3-6-17(15)14-27(25,26)23-12-4-7-16(13-23)20(24)22-19-10-8-18(21)9-11-19/h2-3,5-6,8-11,16H,4,7,12-14H2,1H3,(H,22,24)/t16-/m0/s1. The van der Waals surface area contributed by atoms with Crippen LogP contribution in [0.5, 0.6) is 0 Å². The zero-order valence-electron chi connectivity index (χ0n) is 15.2. The topological polar surface area (TPSA) is 66.5 Å². The number of carbonyl (C=O) groups excluding carboxylic acids is 1. The molecule has 2 aromatic carbocycles. The van der Waals surface area contributed by atoms with Crippen molar-refractivity contribution in [1.29, 1.82) is 0 Å². The van der Waals surface area contributed by atoms with Gasteiger partial charge in [-0.3, -0.25) is 4.79 Å². The predicted octanol–water partition coefficient (Wildman–Crippen LogP) is 3.78. The lowest BCUT2D eigenvalue weighted by atomic mass is 9.99. The Morgan fingerprint density at radius 3 is 2.59 bits per heavy atom. The first-order valence-corrected chi connectivity index (χ1v) is 11.6. The van der Waals surface area contributed by atoms with Crippen LogP contribution in [0, 0.1) is 16.4 Å². The summed E-state index contributed by atoms with van der Waals surface area (Å²) in [6, 6.07) is 15.1. The molecule has 0 bridgehead atoms. The van der Waals surface area contributed by atoms with E-state index in [1.54, 1.807) is 0 Å². The third kappa shape index (κ3) is 5.30. The van der Waals surface area contributed by atoms with Crippen LogP contribution in [0.1, 0.15) is 24.0 Å². The van der Waals surface area contributed by atoms with Crippen LogP contribution in [-0.4, -0.2) is 31.7 Å². The lowest BCUT2D eigenvalue weighted by molar-refractivity contribution is -0.120. The van der Waals surface area contributed by atoms with Gasteiger partial charge in [0.1, 0.15) is 0 Å². The molecule has 0 radical (unpaired) electrons. The first kappa shape index (κ1) is 20.3. The number of benzene rings is 2. The van der Waals surface area contributed by atoms with Crippen LogP contribution in [-0.2, 0) is 20.6 Å². The molecule has 27 heavy (non-hydrogen) atoms. The van der Waals surface area contributed by atoms with Gasteiger partial charge >= 0.3 is 0 Å². The first-order chi connectivity index (χ1) is 12.8. The Labute approximate surface area is 174 Å². The Hall–Kier alpha value is -1.45. The minimum atomic E-state index is -3.45. The van der Waals surface area contributed by atoms with E-state index in [9.17, 15) is 13.2 Å². The largest absolute Gasteiger partial charge is 0.326 e. The molecule has 1 saturated heterocycles. The summed E-state index contributed by atoms with van der Waals surface area (Å²) < 4.78 is 28.3. The number of aryl methyl sites for hydroxylation is 1. The summed E-state index contributed by atoms with van der Waals surface area (Å²) in [5, 5.41) is 2.91. The van der Waals surface area contributed by atoms with E-state index >= 15 is 0 Å². The molecule has 0 aromatic heterocycles. The van der Waals surface area contributed by atoms with Crippen molar-refractivity contribution in [3.8, 4) is 0 Å². The highest BCUT2D eigenvalue weighted by molar-refractivity contribution is 14.1. The molecule has 1 atom stereocenters. The summed E-state index contributed by atoms with van der Waals surface area (Å²) in [5.74, 6) is -0.470. The number of hydrogen-bond acceptors (Lipinski definition) is 3. The molecule has 3 rings (SSSR count). The van der Waals surface area contributed by atoms with Gasteiger partial charge in [0, 0.05) is 22.3 Å². The predicted molar refractivity (Wildman–Crippen MR) is 116 cm³/mol. The Morgan fingerprint density at radius 2 is 1.89 bits per heavy atom. The molecule has 7 heteroatoms. The van der Waals surface area contributed by atoms with Gasteiger partial charge in [0.2, 0.25) is 15.9 Å². The molecule has 1 fully saturated rings. The molecule has 144 valence electrons. The van der Waals surface area contributed by atoms with Gasteiger partial charge in [-0.25, -0.2) is 12.7 Å². The lowest BCUT2D eigenvalue weighted by Crippen LogP contribution is -2.44. The van der Waals surface area contributed by atoms with Gasteiger partial charge in [0.05, 0.1) is 11.7 Å². The van der Waals surface area contributed by atoms with Crippen molar-refractivity contribution in [1.82, 2.24) is 4.31 Å². The van der Waals surface area contributed by atoms with Gasteiger partial charge in [-0.2, -0.15) is 0 Å². The summed E-state index contributed by atoms with van der Waals surface area (Å²) in [6.45, 7) is 2.63. The molecule has 5 nitrogen and oxygen atoms in total. The SMILES string of the molecule is Cc1ccccc1CS(=O)(=O)N1CCC[C@H](C(=O)Nc2ccc(I)cc2)C1. The maximum Gasteiger partial charge on any atom is 0.228 e. The van der Waals surface area contributed by atoms with E-state index in [0.29, 0.717) is 19.4 Å². The van der Waals surface area contributed by atoms with E-state index in [1.807, 2.05) is 55.5 Å². The van der Waals surface area contributed by atoms with Gasteiger partial charge in [0.25, 0.3) is 0 Å². The fourth-order valence-corrected chi connectivity index (χ4v) is 5.32. The number of anilines is 1. The Kier molecular flexibility index (Phi) is 6.54. The number of piperidine rings is 1. The number of nitrogens with one attached hydrogen (secondary N) is 1. The Bertz CT molecular complexity index is 913. The molecule has 1 N–H and O–H groups in total. The number of carbonyl (C=O) groups is 1. The zero-order chi connectivity index (χ0) is 19.4. The molecule has 0 unspecified atom stereocenters. The van der Waals surface area contributed by atoms with Crippen molar-refractivity contribution in [3.05, 3.63) is 63.2 Å². The van der Waals surface area contributed by atoms with Crippen molar-refractivity contribution in [3.63, 3.8) is 0 Å². The second kappa shape index (κ2) is 8.70. The first-order valence-electron chi connectivity index (χ1n) is 8.94. The number of nitrogens with zero attached hydrogens (tertiary/aromatic N) is 1. The molecule has 0 spiro atoms. The molecular formula is C20H23IN2O3S. The average Bonchev–Trinajstić information content (AvgIpc) is 2.65. The molecule has 1 amide bonds. The molecular weight excluding hydrogens is 475 g/mol. The van der Waals surface area contributed by atoms with Crippen molar-refractivity contribution < 1.29 is 13.2 Å². The van der Waals surface area contributed by atoms with E-state index in [0.717, 1.165) is 20.4 Å². The lowest BCUT2D eigenvalue weighted by Gasteiger charge is -2.31. The van der Waals surface area contributed by atoms with Crippen LogP contribution in [0.15, 0.2) is 48.5 Å². The van der Waals surface area contributed by atoms with Gasteiger partial charge < -0.3 is 5.32 Å². The summed E-state index contributed by atoms with van der Waals surface area (Å²) >= 11 is 2.21. The quantitative estimate of drug-likeness (QED) is 0.639. The smallest absolute Gasteiger partial charge is 0.228 e. The number of halogens is 1. The van der Waals surface area contributed by atoms with Gasteiger partial charge in [0.15, 0.2) is 0 Å². The summed E-state index contributed by atoms with van der Waals surface area (Å²) in [6.07, 6.45) is 1.39. The molecule has 1 aliphatic rings. The van der Waals surface area contributed by atoms with E-state index in [1.165, 1.54) is 4.31 Å². The average molecular weight is 498 g/mol. The monoisotopic (exact) mass is 498 g/mol. The minimum absolute atomic E-state index is 0.0227. The van der Waals surface area contributed by atoms with Crippen LogP contribution in [0.25, 0.3) is 0 Å². The van der Waals surface area contributed by atoms with Crippen molar-refractivity contribution >= 4 is 44.2 Å². The number of amides is 1. The van der Waals surface area contributed by atoms with Crippen LogP contribution >= 0.6 is 22.6 Å². The van der Waals surface area contributed by atoms with Crippen molar-refractivity contribution in [2.24, 2.45) is 5.92 Å². The number of sulfonamides is 1. The summed E-state index contributed by atoms with van der Waals surface area (Å²) in [5.41, 5.74) is 2.51. The summed E-state index contributed by atoms with van der Waals surface area (Å²) in [7, 11) is -3.45. The Balaban J connectivity index is 1.66. The fourth-order valence-electron chi connectivity index (χ4n) is 3.25. The van der Waals surface area contributed by atoms with E-state index < -0.39 is 10.0 Å². The van der Waals surface area contributed by atoms with Crippen molar-refractivity contribution in [2.75, 3.05) is 18.4 Å². The molecule has 2 aromatic rings. The highest BCUT2D eigenvalue weighted by Gasteiger charge is 2.32. The second-order valence-electron chi connectivity index (χ2n) is 6.88. The molecule has 0 aliphatic carbocycles. The van der Waals surface area contributed by atoms with Gasteiger partial charge in [-0.05, 0) is 77.7 Å². The highest BCUT2D eigenvalue weighted by Crippen LogP contribution is 2.24. The number of hydrogen-bond donors (Lipinski definition) is 1. The third-order valence-corrected chi connectivity index (χ3v) is 7.37. The highest BCUT2D eigenvalue weighted by atomic mass is 127. The zero-order valence-corrected chi connectivity index (χ0v) is 18.2. The van der Waals surface area contributed by atoms with Crippen LogP contribution in [0.2, 0.25) is 0 Å². The summed E-state index contributed by atoms with van der Waals surface area (Å²) in [4.78, 5) is 12.6. The molecule has 1 aliphatic heterocycles. The molecule has 0 saturated carbocycles. The second-order valence-corrected chi connectivity index (χ2v) is 10.1. The minimum Gasteiger partial charge on any atom is -0.326 e. The van der Waals surface area contributed by atoms with Crippen molar-refractivity contribution in [2.45, 2.75) is 25.5 Å². The van der Waals surface area contributed by atoms with Gasteiger partial charge in [-0.15, -0.1) is 0 Å². The van der Waals surface area contributed by atoms with Gasteiger partial charge in [-0.1, -0.05) is 24.3 Å². The van der Waals surface area contributed by atoms with E-state index in [4.69, 9.17) is 0 Å². The van der Waals surface area contributed by atoms with Crippen LogP contribution in [0.4, 0.5) is 5.69 Å².